The number of rotatable bonds is 16. The summed E-state index contributed by atoms with van der Waals surface area (Å²) in [5, 5.41) is 23.0. The summed E-state index contributed by atoms with van der Waals surface area (Å²) in [6.07, 6.45) is 6.75. The first-order valence-electron chi connectivity index (χ1n) is 17.1. The number of anilines is 4. The standard InChI is InChI=1S/C38H45F2N9/c1-25(2)30-23-45-48-34(30)18-29(19-36(48)43-21-27-12-6-8-14-32(27)39)41-16-10-5-11-17-42-35-20-37(44-22-28-13-7-9-15-33(28)40)49-38(47-35)31(24-46-49)26(3)4/h6-9,12-15,18-20,23-26,41,43-44H,5,10-11,16-17,21-22H2,1-4H3,(H,42,47). The average Bonchev–Trinajstić information content (AvgIpc) is 3.72. The molecule has 4 aromatic heterocycles. The maximum Gasteiger partial charge on any atom is 0.163 e. The van der Waals surface area contributed by atoms with Crippen LogP contribution in [0.4, 0.5) is 31.9 Å². The molecular formula is C38H45F2N9. The van der Waals surface area contributed by atoms with Gasteiger partial charge in [0.25, 0.3) is 0 Å². The van der Waals surface area contributed by atoms with Gasteiger partial charge in [-0.25, -0.2) is 18.3 Å². The van der Waals surface area contributed by atoms with Crippen LogP contribution in [-0.4, -0.2) is 37.3 Å². The van der Waals surface area contributed by atoms with Crippen molar-refractivity contribution in [1.82, 2.24) is 24.2 Å². The Balaban J connectivity index is 1.05. The minimum absolute atomic E-state index is 0.228. The van der Waals surface area contributed by atoms with Crippen LogP contribution in [0, 0.1) is 11.6 Å². The Labute approximate surface area is 286 Å². The van der Waals surface area contributed by atoms with Gasteiger partial charge < -0.3 is 21.3 Å². The summed E-state index contributed by atoms with van der Waals surface area (Å²) in [4.78, 5) is 4.88. The summed E-state index contributed by atoms with van der Waals surface area (Å²) >= 11 is 0. The van der Waals surface area contributed by atoms with Gasteiger partial charge in [-0.1, -0.05) is 64.1 Å². The summed E-state index contributed by atoms with van der Waals surface area (Å²) in [5.41, 5.74) is 6.24. The van der Waals surface area contributed by atoms with E-state index in [9.17, 15) is 8.78 Å². The summed E-state index contributed by atoms with van der Waals surface area (Å²) in [7, 11) is 0. The summed E-state index contributed by atoms with van der Waals surface area (Å²) < 4.78 is 32.3. The molecule has 0 amide bonds. The molecule has 0 fully saturated rings. The van der Waals surface area contributed by atoms with E-state index in [1.165, 1.54) is 12.1 Å². The smallest absolute Gasteiger partial charge is 0.163 e. The normalized spacial score (nSPS) is 11.6. The molecule has 9 nitrogen and oxygen atoms in total. The molecule has 49 heavy (non-hydrogen) atoms. The van der Waals surface area contributed by atoms with E-state index in [-0.39, 0.29) is 17.6 Å². The second kappa shape index (κ2) is 15.4. The van der Waals surface area contributed by atoms with Crippen LogP contribution in [0.25, 0.3) is 11.2 Å². The number of hydrogen-bond acceptors (Lipinski definition) is 7. The molecule has 0 atom stereocenters. The third-order valence-electron chi connectivity index (χ3n) is 8.72. The average molecular weight is 666 g/mol. The number of aromatic nitrogens is 5. The first-order valence-corrected chi connectivity index (χ1v) is 17.1. The fraction of sp³-hybridized carbons (Fsp3) is 0.342. The van der Waals surface area contributed by atoms with Gasteiger partial charge in [0.2, 0.25) is 0 Å². The quantitative estimate of drug-likeness (QED) is 0.0768. The molecule has 0 spiro atoms. The Hall–Kier alpha value is -5.19. The van der Waals surface area contributed by atoms with Crippen LogP contribution in [0.2, 0.25) is 0 Å². The number of nitrogens with one attached hydrogen (secondary N) is 4. The van der Waals surface area contributed by atoms with E-state index in [0.29, 0.717) is 30.1 Å². The first-order chi connectivity index (χ1) is 23.8. The lowest BCUT2D eigenvalue weighted by Crippen LogP contribution is -2.11. The van der Waals surface area contributed by atoms with Crippen LogP contribution in [0.5, 0.6) is 0 Å². The van der Waals surface area contributed by atoms with Gasteiger partial charge in [0.1, 0.15) is 29.1 Å². The van der Waals surface area contributed by atoms with Crippen molar-refractivity contribution in [2.45, 2.75) is 71.9 Å². The predicted molar refractivity (Wildman–Crippen MR) is 195 cm³/mol. The number of nitrogens with zero attached hydrogens (tertiary/aromatic N) is 5. The Morgan fingerprint density at radius 3 is 1.84 bits per heavy atom. The summed E-state index contributed by atoms with van der Waals surface area (Å²) in [5.74, 6) is 2.44. The van der Waals surface area contributed by atoms with E-state index >= 15 is 0 Å². The van der Waals surface area contributed by atoms with E-state index in [2.05, 4.69) is 65.2 Å². The van der Waals surface area contributed by atoms with Gasteiger partial charge in [-0.05, 0) is 49.3 Å². The van der Waals surface area contributed by atoms with Crippen molar-refractivity contribution in [1.29, 1.82) is 0 Å². The first kappa shape index (κ1) is 33.7. The van der Waals surface area contributed by atoms with Gasteiger partial charge in [0.15, 0.2) is 5.65 Å². The third kappa shape index (κ3) is 7.93. The predicted octanol–water partition coefficient (Wildman–Crippen LogP) is 8.82. The molecule has 0 saturated carbocycles. The number of pyridine rings is 1. The second-order valence-electron chi connectivity index (χ2n) is 13.0. The minimum Gasteiger partial charge on any atom is -0.385 e. The highest BCUT2D eigenvalue weighted by molar-refractivity contribution is 5.69. The van der Waals surface area contributed by atoms with Gasteiger partial charge in [0.05, 0.1) is 17.9 Å². The second-order valence-corrected chi connectivity index (χ2v) is 13.0. The van der Waals surface area contributed by atoms with Crippen LogP contribution in [0.3, 0.4) is 0 Å². The molecule has 6 rings (SSSR count). The van der Waals surface area contributed by atoms with E-state index in [1.54, 1.807) is 28.8 Å². The molecule has 0 aliphatic heterocycles. The van der Waals surface area contributed by atoms with Crippen molar-refractivity contribution < 1.29 is 8.78 Å². The van der Waals surface area contributed by atoms with E-state index in [0.717, 1.165) is 77.8 Å². The highest BCUT2D eigenvalue weighted by Gasteiger charge is 2.15. The third-order valence-corrected chi connectivity index (χ3v) is 8.72. The zero-order chi connectivity index (χ0) is 34.3. The molecule has 0 saturated heterocycles. The lowest BCUT2D eigenvalue weighted by Gasteiger charge is -2.14. The summed E-state index contributed by atoms with van der Waals surface area (Å²) in [6, 6.07) is 19.7. The van der Waals surface area contributed by atoms with Crippen molar-refractivity contribution in [2.75, 3.05) is 34.4 Å². The largest absolute Gasteiger partial charge is 0.385 e. The highest BCUT2D eigenvalue weighted by atomic mass is 19.1. The molecular weight excluding hydrogens is 620 g/mol. The molecule has 2 aromatic carbocycles. The SMILES string of the molecule is CC(C)c1cnn2c(NCc3ccccc3F)cc(NCCCCCNc3cc(NCc4ccccc4F)n4ncc(C(C)C)c4n3)cc12. The molecule has 0 aliphatic rings. The number of unbranched alkanes of at least 4 members (excludes halogenated alkanes) is 2. The van der Waals surface area contributed by atoms with Gasteiger partial charge in [-0.3, -0.25) is 0 Å². The van der Waals surface area contributed by atoms with Gasteiger partial charge in [0, 0.05) is 66.3 Å². The highest BCUT2D eigenvalue weighted by Crippen LogP contribution is 2.28. The summed E-state index contributed by atoms with van der Waals surface area (Å²) in [6.45, 7) is 10.9. The van der Waals surface area contributed by atoms with E-state index in [1.807, 2.05) is 41.2 Å². The Morgan fingerprint density at radius 2 is 1.20 bits per heavy atom. The molecule has 256 valence electrons. The van der Waals surface area contributed by atoms with Crippen LogP contribution in [0.1, 0.15) is 81.0 Å². The molecule has 6 aromatic rings. The fourth-order valence-electron chi connectivity index (χ4n) is 5.91. The molecule has 4 N–H and O–H groups in total. The maximum atomic E-state index is 14.3. The van der Waals surface area contributed by atoms with Gasteiger partial charge in [-0.2, -0.15) is 14.7 Å². The lowest BCUT2D eigenvalue weighted by atomic mass is 10.1. The number of fused-ring (bicyclic) bond motifs is 2. The monoisotopic (exact) mass is 665 g/mol. The van der Waals surface area contributed by atoms with Gasteiger partial charge >= 0.3 is 0 Å². The van der Waals surface area contributed by atoms with E-state index in [4.69, 9.17) is 4.98 Å². The van der Waals surface area contributed by atoms with Gasteiger partial charge in [-0.15, -0.1) is 0 Å². The zero-order valence-corrected chi connectivity index (χ0v) is 28.6. The van der Waals surface area contributed by atoms with E-state index < -0.39 is 0 Å². The van der Waals surface area contributed by atoms with Crippen molar-refractivity contribution in [3.63, 3.8) is 0 Å². The van der Waals surface area contributed by atoms with Crippen LogP contribution >= 0.6 is 0 Å². The molecule has 0 radical (unpaired) electrons. The molecule has 11 heteroatoms. The molecule has 4 heterocycles. The van der Waals surface area contributed by atoms with Crippen molar-refractivity contribution in [3.05, 3.63) is 113 Å². The van der Waals surface area contributed by atoms with Crippen LogP contribution in [-0.2, 0) is 13.1 Å². The maximum absolute atomic E-state index is 14.3. The number of halogens is 2. The Morgan fingerprint density at radius 1 is 0.633 bits per heavy atom. The lowest BCUT2D eigenvalue weighted by molar-refractivity contribution is 0.612. The topological polar surface area (TPSA) is 95.6 Å². The number of benzene rings is 2. The Kier molecular flexibility index (Phi) is 10.6. The van der Waals surface area contributed by atoms with Crippen molar-refractivity contribution in [3.8, 4) is 0 Å². The van der Waals surface area contributed by atoms with Crippen molar-refractivity contribution in [2.24, 2.45) is 0 Å². The number of hydrogen-bond donors (Lipinski definition) is 4. The molecule has 0 bridgehead atoms. The Bertz CT molecular complexity index is 1870. The van der Waals surface area contributed by atoms with Crippen molar-refractivity contribution >= 4 is 34.3 Å². The fourth-order valence-corrected chi connectivity index (χ4v) is 5.91. The van der Waals surface area contributed by atoms with Crippen LogP contribution in [0.15, 0.2) is 79.1 Å². The molecule has 0 unspecified atom stereocenters. The van der Waals surface area contributed by atoms with Crippen LogP contribution < -0.4 is 21.3 Å². The minimum atomic E-state index is -0.240. The zero-order valence-electron chi connectivity index (χ0n) is 28.6. The molecule has 0 aliphatic carbocycles.